The van der Waals surface area contributed by atoms with E-state index >= 15 is 0 Å². The van der Waals surface area contributed by atoms with Crippen molar-refractivity contribution in [1.29, 1.82) is 5.41 Å². The van der Waals surface area contributed by atoms with Gasteiger partial charge in [0.25, 0.3) is 0 Å². The van der Waals surface area contributed by atoms with Crippen LogP contribution in [0.5, 0.6) is 11.5 Å². The summed E-state index contributed by atoms with van der Waals surface area (Å²) < 4.78 is 11.1. The van der Waals surface area contributed by atoms with Crippen LogP contribution < -0.4 is 15.4 Å². The molecule has 4 heterocycles. The molecule has 2 aromatic rings. The highest BCUT2D eigenvalue weighted by Crippen LogP contribution is 2.39. The van der Waals surface area contributed by atoms with Crippen LogP contribution >= 0.6 is 0 Å². The number of hydrogen-bond acceptors (Lipinski definition) is 8. The Morgan fingerprint density at radius 1 is 1.34 bits per heavy atom. The van der Waals surface area contributed by atoms with E-state index in [-0.39, 0.29) is 5.91 Å². The number of nitrogens with zero attached hydrogens (tertiary/aromatic N) is 3. The van der Waals surface area contributed by atoms with Crippen LogP contribution in [0.1, 0.15) is 17.8 Å². The van der Waals surface area contributed by atoms with Crippen LogP contribution in [-0.2, 0) is 9.53 Å². The van der Waals surface area contributed by atoms with Gasteiger partial charge in [0.1, 0.15) is 17.3 Å². The molecule has 10 heteroatoms. The van der Waals surface area contributed by atoms with E-state index in [0.29, 0.717) is 60.5 Å². The van der Waals surface area contributed by atoms with Gasteiger partial charge < -0.3 is 20.2 Å². The predicted molar refractivity (Wildman–Crippen MR) is 118 cm³/mol. The topological polar surface area (TPSA) is 130 Å². The first-order valence-corrected chi connectivity index (χ1v) is 10.2. The Bertz CT molecular complexity index is 1100. The normalized spacial score (nSPS) is 17.1. The van der Waals surface area contributed by atoms with Gasteiger partial charge >= 0.3 is 6.03 Å². The zero-order valence-electron chi connectivity index (χ0n) is 17.8. The van der Waals surface area contributed by atoms with Crippen molar-refractivity contribution in [3.8, 4) is 11.5 Å². The third-order valence-corrected chi connectivity index (χ3v) is 5.50. The van der Waals surface area contributed by atoms with E-state index in [1.165, 1.54) is 11.1 Å². The fourth-order valence-electron chi connectivity index (χ4n) is 3.64. The second-order valence-electron chi connectivity index (χ2n) is 7.70. The highest BCUT2D eigenvalue weighted by molar-refractivity contribution is 6.07. The van der Waals surface area contributed by atoms with Gasteiger partial charge in [-0.1, -0.05) is 0 Å². The molecule has 3 N–H and O–H groups in total. The summed E-state index contributed by atoms with van der Waals surface area (Å²) in [6, 6.07) is 6.26. The van der Waals surface area contributed by atoms with Gasteiger partial charge in [-0.15, -0.1) is 0 Å². The minimum Gasteiger partial charge on any atom is -0.455 e. The molecule has 2 fully saturated rings. The van der Waals surface area contributed by atoms with E-state index in [4.69, 9.17) is 14.9 Å². The van der Waals surface area contributed by atoms with Crippen LogP contribution in [-0.4, -0.2) is 59.8 Å². The van der Waals surface area contributed by atoms with Crippen molar-refractivity contribution in [2.24, 2.45) is 5.41 Å². The molecular formula is C22H24N6O4. The molecule has 4 rings (SSSR count). The van der Waals surface area contributed by atoms with Crippen molar-refractivity contribution >= 4 is 29.5 Å². The summed E-state index contributed by atoms with van der Waals surface area (Å²) in [4.78, 5) is 35.0. The summed E-state index contributed by atoms with van der Waals surface area (Å²) >= 11 is 0. The lowest BCUT2D eigenvalue weighted by molar-refractivity contribution is -0.159. The molecule has 0 aromatic carbocycles. The number of hydrogen-bond donors (Lipinski definition) is 3. The van der Waals surface area contributed by atoms with Gasteiger partial charge in [-0.25, -0.2) is 9.78 Å². The fourth-order valence-corrected chi connectivity index (χ4v) is 3.64. The number of aryl methyl sites for hydroxylation is 1. The average Bonchev–Trinajstić information content (AvgIpc) is 3.12. The van der Waals surface area contributed by atoms with Crippen molar-refractivity contribution in [3.63, 3.8) is 0 Å². The summed E-state index contributed by atoms with van der Waals surface area (Å²) in [5, 5.41) is 13.1. The average molecular weight is 436 g/mol. The van der Waals surface area contributed by atoms with E-state index in [0.717, 1.165) is 0 Å². The third kappa shape index (κ3) is 4.04. The molecule has 0 radical (unpaired) electrons. The Morgan fingerprint density at radius 2 is 2.16 bits per heavy atom. The van der Waals surface area contributed by atoms with Crippen molar-refractivity contribution in [1.82, 2.24) is 20.2 Å². The maximum Gasteiger partial charge on any atom is 0.329 e. The molecule has 2 aromatic heterocycles. The van der Waals surface area contributed by atoms with Gasteiger partial charge in [0.05, 0.1) is 30.0 Å². The molecule has 166 valence electrons. The van der Waals surface area contributed by atoms with Crippen LogP contribution in [0.3, 0.4) is 0 Å². The maximum atomic E-state index is 12.6. The monoisotopic (exact) mass is 436 g/mol. The van der Waals surface area contributed by atoms with Crippen LogP contribution in [0.2, 0.25) is 0 Å². The predicted octanol–water partition coefficient (Wildman–Crippen LogP) is 2.57. The number of aromatic nitrogens is 2. The number of pyridine rings is 2. The van der Waals surface area contributed by atoms with E-state index in [1.807, 2.05) is 0 Å². The standard InChI is InChI=1S/C22H24N6O4/c1-14-18(32-16-5-7-25-17(9-16)15(10-23)11-24-2)3-4-19(26-14)27-21(30)28-8-6-22(20(28)29)12-31-13-22/h3-5,7,9-11,23-24H,6,8,12-13H2,1-2H3,(H,26,27,30)/b15-11+,23-10?. The zero-order chi connectivity index (χ0) is 22.7. The number of imide groups is 1. The van der Waals surface area contributed by atoms with Crippen molar-refractivity contribution in [2.45, 2.75) is 13.3 Å². The van der Waals surface area contributed by atoms with E-state index in [9.17, 15) is 9.59 Å². The Hall–Kier alpha value is -3.79. The summed E-state index contributed by atoms with van der Waals surface area (Å²) in [5.74, 6) is 1.19. The molecule has 2 aliphatic heterocycles. The molecule has 0 atom stereocenters. The van der Waals surface area contributed by atoms with Gasteiger partial charge in [-0.05, 0) is 31.5 Å². The lowest BCUT2D eigenvalue weighted by Crippen LogP contribution is -2.50. The molecule has 1 spiro atoms. The first-order chi connectivity index (χ1) is 15.5. The minimum absolute atomic E-state index is 0.192. The van der Waals surface area contributed by atoms with Crippen LogP contribution in [0.4, 0.5) is 10.6 Å². The second-order valence-corrected chi connectivity index (χ2v) is 7.70. The fraction of sp³-hybridized carbons (Fsp3) is 0.318. The van der Waals surface area contributed by atoms with Gasteiger partial charge in [-0.3, -0.25) is 20.0 Å². The minimum atomic E-state index is -0.526. The molecule has 3 amide bonds. The molecule has 0 unspecified atom stereocenters. The number of carbonyl (C=O) groups excluding carboxylic acids is 2. The number of ether oxygens (including phenoxy) is 2. The summed E-state index contributed by atoms with van der Waals surface area (Å²) in [6.45, 7) is 2.89. The maximum absolute atomic E-state index is 12.6. The number of nitrogens with one attached hydrogen (secondary N) is 3. The number of allylic oxidation sites excluding steroid dienone is 1. The smallest absolute Gasteiger partial charge is 0.329 e. The Morgan fingerprint density at radius 3 is 2.78 bits per heavy atom. The lowest BCUT2D eigenvalue weighted by Gasteiger charge is -2.35. The first kappa shape index (κ1) is 21.4. The lowest BCUT2D eigenvalue weighted by atomic mass is 9.84. The highest BCUT2D eigenvalue weighted by atomic mass is 16.5. The van der Waals surface area contributed by atoms with Crippen LogP contribution in [0.15, 0.2) is 36.7 Å². The van der Waals surface area contributed by atoms with Gasteiger partial charge in [0.2, 0.25) is 5.91 Å². The Kier molecular flexibility index (Phi) is 5.87. The van der Waals surface area contributed by atoms with Gasteiger partial charge in [0, 0.05) is 43.8 Å². The molecule has 0 saturated carbocycles. The van der Waals surface area contributed by atoms with E-state index < -0.39 is 11.4 Å². The Balaban J connectivity index is 1.44. The molecule has 2 saturated heterocycles. The number of urea groups is 1. The van der Waals surface area contributed by atoms with Crippen LogP contribution in [0, 0.1) is 17.7 Å². The molecule has 0 aliphatic carbocycles. The quantitative estimate of drug-likeness (QED) is 0.594. The van der Waals surface area contributed by atoms with Gasteiger partial charge in [0.15, 0.2) is 0 Å². The highest BCUT2D eigenvalue weighted by Gasteiger charge is 2.53. The summed E-state index contributed by atoms with van der Waals surface area (Å²) in [5.41, 5.74) is 1.24. The number of anilines is 1. The van der Waals surface area contributed by atoms with E-state index in [1.54, 1.807) is 50.6 Å². The third-order valence-electron chi connectivity index (χ3n) is 5.50. The largest absolute Gasteiger partial charge is 0.455 e. The number of amides is 3. The first-order valence-electron chi connectivity index (χ1n) is 10.2. The number of carbonyl (C=O) groups is 2. The van der Waals surface area contributed by atoms with Gasteiger partial charge in [-0.2, -0.15) is 0 Å². The molecule has 0 bridgehead atoms. The number of rotatable bonds is 6. The Labute approximate surface area is 185 Å². The van der Waals surface area contributed by atoms with Crippen LogP contribution in [0.25, 0.3) is 5.57 Å². The van der Waals surface area contributed by atoms with E-state index in [2.05, 4.69) is 20.6 Å². The number of likely N-dealkylation sites (tertiary alicyclic amines) is 1. The molecule has 32 heavy (non-hydrogen) atoms. The van der Waals surface area contributed by atoms with Crippen molar-refractivity contribution in [3.05, 3.63) is 48.1 Å². The summed E-state index contributed by atoms with van der Waals surface area (Å²) in [6.07, 6.45) is 5.10. The molecule has 10 nitrogen and oxygen atoms in total. The molecule has 2 aliphatic rings. The van der Waals surface area contributed by atoms with Crippen molar-refractivity contribution < 1.29 is 19.1 Å². The summed E-state index contributed by atoms with van der Waals surface area (Å²) in [7, 11) is 1.75. The zero-order valence-corrected chi connectivity index (χ0v) is 17.8. The second kappa shape index (κ2) is 8.75. The van der Waals surface area contributed by atoms with Crippen molar-refractivity contribution in [2.75, 3.05) is 32.1 Å². The molecular weight excluding hydrogens is 412 g/mol. The SMILES string of the molecule is CN/C=C(\C=N)c1cc(Oc2ccc(NC(=O)N3CCC4(COC4)C3=O)nc2C)ccn1.